The van der Waals surface area contributed by atoms with E-state index in [1.54, 1.807) is 42.9 Å². The summed E-state index contributed by atoms with van der Waals surface area (Å²) in [5.41, 5.74) is 2.64. The molecule has 0 unspecified atom stereocenters. The fourth-order valence-corrected chi connectivity index (χ4v) is 3.68. The summed E-state index contributed by atoms with van der Waals surface area (Å²) in [7, 11) is 3.45. The van der Waals surface area contributed by atoms with E-state index in [9.17, 15) is 9.59 Å². The van der Waals surface area contributed by atoms with Gasteiger partial charge in [-0.3, -0.25) is 14.6 Å². The zero-order chi connectivity index (χ0) is 17.8. The Morgan fingerprint density at radius 2 is 2.04 bits per heavy atom. The molecule has 1 aromatic rings. The van der Waals surface area contributed by atoms with Crippen LogP contribution in [0.3, 0.4) is 0 Å². The Hall–Kier alpha value is -2.28. The predicted molar refractivity (Wildman–Crippen MR) is 100 cm³/mol. The Morgan fingerprint density at radius 1 is 1.28 bits per heavy atom. The van der Waals surface area contributed by atoms with Crippen LogP contribution in [0.4, 0.5) is 0 Å². The zero-order valence-corrected chi connectivity index (χ0v) is 15.3. The lowest BCUT2D eigenvalue weighted by molar-refractivity contribution is -0.120. The highest BCUT2D eigenvalue weighted by Gasteiger charge is 2.25. The summed E-state index contributed by atoms with van der Waals surface area (Å²) in [5, 5.41) is 5.97. The molecule has 0 saturated carbocycles. The Labute approximate surface area is 152 Å². The van der Waals surface area contributed by atoms with Crippen molar-refractivity contribution in [3.8, 4) is 0 Å². The molecule has 25 heavy (non-hydrogen) atoms. The fraction of sp³-hybridized carbons (Fsp3) is 0.389. The molecule has 1 aromatic carbocycles. The highest BCUT2D eigenvalue weighted by molar-refractivity contribution is 8.16. The molecule has 1 N–H and O–H groups in total. The van der Waals surface area contributed by atoms with Gasteiger partial charge < -0.3 is 15.1 Å². The number of carbonyl (C=O) groups is 2. The third kappa shape index (κ3) is 4.22. The molecule has 2 amide bonds. The molecule has 6 nitrogen and oxygen atoms in total. The van der Waals surface area contributed by atoms with E-state index in [1.807, 2.05) is 17.5 Å². The summed E-state index contributed by atoms with van der Waals surface area (Å²) in [6.07, 6.45) is 1.39. The highest BCUT2D eigenvalue weighted by Crippen LogP contribution is 2.30. The number of benzene rings is 1. The number of carbonyl (C=O) groups excluding carboxylic acids is 2. The van der Waals surface area contributed by atoms with Crippen molar-refractivity contribution in [1.82, 2.24) is 15.1 Å². The Balaban J connectivity index is 1.50. The van der Waals surface area contributed by atoms with Crippen molar-refractivity contribution in [1.29, 1.82) is 0 Å². The van der Waals surface area contributed by atoms with Crippen molar-refractivity contribution in [3.05, 3.63) is 46.5 Å². The van der Waals surface area contributed by atoms with Crippen LogP contribution in [0.25, 0.3) is 0 Å². The number of amidine groups is 1. The molecule has 0 atom stereocenters. The summed E-state index contributed by atoms with van der Waals surface area (Å²) < 4.78 is 0. The van der Waals surface area contributed by atoms with Gasteiger partial charge in [-0.1, -0.05) is 23.9 Å². The summed E-state index contributed by atoms with van der Waals surface area (Å²) in [6, 6.07) is 7.32. The summed E-state index contributed by atoms with van der Waals surface area (Å²) in [4.78, 5) is 32.2. The van der Waals surface area contributed by atoms with Gasteiger partial charge in [0, 0.05) is 45.0 Å². The first-order valence-corrected chi connectivity index (χ1v) is 9.17. The molecule has 0 aliphatic carbocycles. The summed E-state index contributed by atoms with van der Waals surface area (Å²) in [5.74, 6) is -0.0348. The number of nitrogens with one attached hydrogen (secondary N) is 1. The maximum Gasteiger partial charge on any atom is 0.253 e. The van der Waals surface area contributed by atoms with Crippen LogP contribution in [0.15, 0.2) is 40.4 Å². The van der Waals surface area contributed by atoms with E-state index in [2.05, 4.69) is 15.2 Å². The second-order valence-electron chi connectivity index (χ2n) is 6.25. The molecule has 7 heteroatoms. The average molecular weight is 358 g/mol. The lowest BCUT2D eigenvalue weighted by atomic mass is 10.1. The van der Waals surface area contributed by atoms with Gasteiger partial charge in [0.2, 0.25) is 5.91 Å². The SMILES string of the molecule is CN(C)C(=O)c1ccc(CNC(=O)CC2=CSC3=NCCCN23)cc1. The molecule has 2 heterocycles. The maximum absolute atomic E-state index is 12.2. The van der Waals surface area contributed by atoms with E-state index in [4.69, 9.17) is 0 Å². The van der Waals surface area contributed by atoms with Crippen molar-refractivity contribution in [2.45, 2.75) is 19.4 Å². The number of nitrogens with zero attached hydrogens (tertiary/aromatic N) is 3. The number of thioether (sulfide) groups is 1. The predicted octanol–water partition coefficient (Wildman–Crippen LogP) is 2.04. The summed E-state index contributed by atoms with van der Waals surface area (Å²) in [6.45, 7) is 2.27. The van der Waals surface area contributed by atoms with Gasteiger partial charge in [0.1, 0.15) is 0 Å². The van der Waals surface area contributed by atoms with Gasteiger partial charge in [0.15, 0.2) is 5.17 Å². The van der Waals surface area contributed by atoms with Crippen LogP contribution in [0, 0.1) is 0 Å². The van der Waals surface area contributed by atoms with Crippen molar-refractivity contribution in [3.63, 3.8) is 0 Å². The first-order chi connectivity index (χ1) is 12.0. The molecular weight excluding hydrogens is 336 g/mol. The topological polar surface area (TPSA) is 65.0 Å². The second-order valence-corrected chi connectivity index (χ2v) is 7.08. The number of aliphatic imine (C=N–C) groups is 1. The van der Waals surface area contributed by atoms with Crippen LogP contribution in [-0.4, -0.2) is 54.0 Å². The highest BCUT2D eigenvalue weighted by atomic mass is 32.2. The molecule has 0 saturated heterocycles. The Bertz CT molecular complexity index is 725. The van der Waals surface area contributed by atoms with Crippen LogP contribution in [0.5, 0.6) is 0 Å². The fourth-order valence-electron chi connectivity index (χ4n) is 2.72. The smallest absolute Gasteiger partial charge is 0.253 e. The third-order valence-electron chi connectivity index (χ3n) is 4.10. The van der Waals surface area contributed by atoms with Gasteiger partial charge in [-0.05, 0) is 29.5 Å². The third-order valence-corrected chi connectivity index (χ3v) is 5.05. The lowest BCUT2D eigenvalue weighted by Gasteiger charge is -2.25. The average Bonchev–Trinajstić information content (AvgIpc) is 3.03. The molecular formula is C18H22N4O2S. The Morgan fingerprint density at radius 3 is 2.76 bits per heavy atom. The van der Waals surface area contributed by atoms with Crippen molar-refractivity contribution in [2.24, 2.45) is 4.99 Å². The largest absolute Gasteiger partial charge is 0.352 e. The van der Waals surface area contributed by atoms with Gasteiger partial charge >= 0.3 is 0 Å². The molecule has 2 aliphatic rings. The van der Waals surface area contributed by atoms with Gasteiger partial charge in [-0.15, -0.1) is 0 Å². The van der Waals surface area contributed by atoms with Crippen molar-refractivity contribution in [2.75, 3.05) is 27.2 Å². The first kappa shape index (κ1) is 17.5. The quantitative estimate of drug-likeness (QED) is 0.875. The monoisotopic (exact) mass is 358 g/mol. The number of fused-ring (bicyclic) bond motifs is 1. The molecule has 0 radical (unpaired) electrons. The van der Waals surface area contributed by atoms with E-state index in [-0.39, 0.29) is 11.8 Å². The van der Waals surface area contributed by atoms with Gasteiger partial charge in [-0.2, -0.15) is 0 Å². The van der Waals surface area contributed by atoms with Crippen LogP contribution in [0.1, 0.15) is 28.8 Å². The first-order valence-electron chi connectivity index (χ1n) is 8.29. The normalized spacial score (nSPS) is 16.0. The molecule has 0 aromatic heterocycles. The number of amides is 2. The Kier molecular flexibility index (Phi) is 5.43. The number of hydrogen-bond donors (Lipinski definition) is 1. The second kappa shape index (κ2) is 7.74. The van der Waals surface area contributed by atoms with E-state index in [0.717, 1.165) is 35.9 Å². The van der Waals surface area contributed by atoms with Gasteiger partial charge in [0.05, 0.1) is 6.42 Å². The van der Waals surface area contributed by atoms with Crippen molar-refractivity contribution < 1.29 is 9.59 Å². The molecule has 0 spiro atoms. The molecule has 3 rings (SSSR count). The number of hydrogen-bond acceptors (Lipinski definition) is 5. The van der Waals surface area contributed by atoms with Crippen LogP contribution >= 0.6 is 11.8 Å². The zero-order valence-electron chi connectivity index (χ0n) is 14.5. The minimum absolute atomic E-state index is 0.00730. The van der Waals surface area contributed by atoms with E-state index >= 15 is 0 Å². The molecule has 0 bridgehead atoms. The standard InChI is InChI=1S/C18H22N4O2S/c1-21(2)17(24)14-6-4-13(5-7-14)11-20-16(23)10-15-12-25-18-19-8-3-9-22(15)18/h4-7,12H,3,8-11H2,1-2H3,(H,20,23). The molecule has 2 aliphatic heterocycles. The molecule has 0 fully saturated rings. The lowest BCUT2D eigenvalue weighted by Crippen LogP contribution is -2.32. The van der Waals surface area contributed by atoms with Gasteiger partial charge in [0.25, 0.3) is 5.91 Å². The minimum Gasteiger partial charge on any atom is -0.352 e. The van der Waals surface area contributed by atoms with Crippen LogP contribution in [0.2, 0.25) is 0 Å². The maximum atomic E-state index is 12.2. The molecule has 132 valence electrons. The minimum atomic E-state index is -0.0275. The van der Waals surface area contributed by atoms with E-state index in [1.165, 1.54) is 0 Å². The number of rotatable bonds is 5. The van der Waals surface area contributed by atoms with Gasteiger partial charge in [-0.25, -0.2) is 0 Å². The summed E-state index contributed by atoms with van der Waals surface area (Å²) >= 11 is 1.60. The van der Waals surface area contributed by atoms with Crippen LogP contribution in [-0.2, 0) is 11.3 Å². The van der Waals surface area contributed by atoms with Crippen molar-refractivity contribution >= 4 is 28.7 Å². The van der Waals surface area contributed by atoms with E-state index < -0.39 is 0 Å². The van der Waals surface area contributed by atoms with Crippen LogP contribution < -0.4 is 5.32 Å². The van der Waals surface area contributed by atoms with E-state index in [0.29, 0.717) is 18.5 Å².